The summed E-state index contributed by atoms with van der Waals surface area (Å²) in [7, 11) is 1.67. The average molecular weight is 305 g/mol. The standard InChI is InChI=1S/C16H17ClN2O2/c1-3-21-13-7-4-11(5-8-13)16(20)19(2)15-10-12(17)6-9-14(15)18/h4-10H,3,18H2,1-2H3. The molecule has 0 heterocycles. The molecule has 0 bridgehead atoms. The molecule has 2 aromatic carbocycles. The second kappa shape index (κ2) is 6.50. The lowest BCUT2D eigenvalue weighted by Crippen LogP contribution is -2.27. The van der Waals surface area contributed by atoms with Gasteiger partial charge < -0.3 is 15.4 Å². The maximum atomic E-state index is 12.5. The largest absolute Gasteiger partial charge is 0.494 e. The van der Waals surface area contributed by atoms with E-state index in [1.54, 1.807) is 49.5 Å². The Hall–Kier alpha value is -2.20. The normalized spacial score (nSPS) is 10.2. The summed E-state index contributed by atoms with van der Waals surface area (Å²) in [5.41, 5.74) is 7.54. The smallest absolute Gasteiger partial charge is 0.258 e. The Labute approximate surface area is 129 Å². The van der Waals surface area contributed by atoms with Gasteiger partial charge in [-0.3, -0.25) is 4.79 Å². The zero-order valence-electron chi connectivity index (χ0n) is 12.0. The van der Waals surface area contributed by atoms with Crippen LogP contribution in [-0.4, -0.2) is 19.6 Å². The first-order valence-electron chi connectivity index (χ1n) is 6.59. The van der Waals surface area contributed by atoms with Crippen molar-refractivity contribution >= 4 is 28.9 Å². The van der Waals surface area contributed by atoms with Crippen LogP contribution in [0.4, 0.5) is 11.4 Å². The van der Waals surface area contributed by atoms with Crippen LogP contribution in [-0.2, 0) is 0 Å². The highest BCUT2D eigenvalue weighted by molar-refractivity contribution is 6.31. The highest BCUT2D eigenvalue weighted by Crippen LogP contribution is 2.27. The van der Waals surface area contributed by atoms with E-state index in [-0.39, 0.29) is 5.91 Å². The number of amides is 1. The van der Waals surface area contributed by atoms with Gasteiger partial charge in [0.05, 0.1) is 18.0 Å². The molecule has 1 amide bonds. The molecule has 2 N–H and O–H groups in total. The van der Waals surface area contributed by atoms with Crippen molar-refractivity contribution < 1.29 is 9.53 Å². The van der Waals surface area contributed by atoms with Gasteiger partial charge in [0.15, 0.2) is 0 Å². The molecule has 0 radical (unpaired) electrons. The summed E-state index contributed by atoms with van der Waals surface area (Å²) >= 11 is 5.96. The van der Waals surface area contributed by atoms with Gasteiger partial charge in [-0.15, -0.1) is 0 Å². The van der Waals surface area contributed by atoms with Crippen LogP contribution in [0.15, 0.2) is 42.5 Å². The van der Waals surface area contributed by atoms with Gasteiger partial charge in [0, 0.05) is 17.6 Å². The molecule has 21 heavy (non-hydrogen) atoms. The van der Waals surface area contributed by atoms with E-state index in [1.165, 1.54) is 4.90 Å². The lowest BCUT2D eigenvalue weighted by molar-refractivity contribution is 0.0993. The molecule has 0 saturated carbocycles. The number of nitrogens with zero attached hydrogens (tertiary/aromatic N) is 1. The minimum absolute atomic E-state index is 0.160. The van der Waals surface area contributed by atoms with E-state index in [1.807, 2.05) is 6.92 Å². The van der Waals surface area contributed by atoms with Crippen molar-refractivity contribution in [3.8, 4) is 5.75 Å². The Morgan fingerprint density at radius 3 is 2.52 bits per heavy atom. The first-order valence-corrected chi connectivity index (χ1v) is 6.96. The maximum absolute atomic E-state index is 12.5. The highest BCUT2D eigenvalue weighted by atomic mass is 35.5. The van der Waals surface area contributed by atoms with E-state index >= 15 is 0 Å². The monoisotopic (exact) mass is 304 g/mol. The average Bonchev–Trinajstić information content (AvgIpc) is 2.49. The topological polar surface area (TPSA) is 55.6 Å². The molecule has 2 rings (SSSR count). The number of anilines is 2. The van der Waals surface area contributed by atoms with Crippen molar-refractivity contribution in [1.29, 1.82) is 0 Å². The number of halogens is 1. The van der Waals surface area contributed by atoms with Gasteiger partial charge >= 0.3 is 0 Å². The third kappa shape index (κ3) is 3.47. The molecule has 0 aliphatic rings. The number of hydrogen-bond acceptors (Lipinski definition) is 3. The fourth-order valence-electron chi connectivity index (χ4n) is 1.97. The molecular weight excluding hydrogens is 288 g/mol. The first-order chi connectivity index (χ1) is 10.0. The lowest BCUT2D eigenvalue weighted by Gasteiger charge is -2.19. The van der Waals surface area contributed by atoms with Gasteiger partial charge in [-0.05, 0) is 49.4 Å². The number of nitrogen functional groups attached to an aromatic ring is 1. The van der Waals surface area contributed by atoms with Crippen LogP contribution in [0.25, 0.3) is 0 Å². The van der Waals surface area contributed by atoms with Crippen molar-refractivity contribution in [2.24, 2.45) is 0 Å². The van der Waals surface area contributed by atoms with Crippen LogP contribution < -0.4 is 15.4 Å². The minimum atomic E-state index is -0.160. The fraction of sp³-hybridized carbons (Fsp3) is 0.188. The first kappa shape index (κ1) is 15.2. The second-order valence-corrected chi connectivity index (χ2v) is 4.96. The molecule has 0 spiro atoms. The Kier molecular flexibility index (Phi) is 4.70. The van der Waals surface area contributed by atoms with Crippen molar-refractivity contribution in [2.75, 3.05) is 24.3 Å². The Balaban J connectivity index is 2.24. The number of nitrogens with two attached hydrogens (primary N) is 1. The van der Waals surface area contributed by atoms with Crippen molar-refractivity contribution in [1.82, 2.24) is 0 Å². The van der Waals surface area contributed by atoms with Crippen LogP contribution in [0.1, 0.15) is 17.3 Å². The second-order valence-electron chi connectivity index (χ2n) is 4.52. The van der Waals surface area contributed by atoms with Gasteiger partial charge in [-0.25, -0.2) is 0 Å². The number of carbonyl (C=O) groups excluding carboxylic acids is 1. The van der Waals surface area contributed by atoms with Crippen LogP contribution in [0.5, 0.6) is 5.75 Å². The molecular formula is C16H17ClN2O2. The Morgan fingerprint density at radius 2 is 1.90 bits per heavy atom. The molecule has 110 valence electrons. The summed E-state index contributed by atoms with van der Waals surface area (Å²) in [5.74, 6) is 0.575. The van der Waals surface area contributed by atoms with Crippen molar-refractivity contribution in [3.63, 3.8) is 0 Å². The molecule has 5 heteroatoms. The number of carbonyl (C=O) groups is 1. The molecule has 0 saturated heterocycles. The third-order valence-corrected chi connectivity index (χ3v) is 3.31. The van der Waals surface area contributed by atoms with E-state index in [4.69, 9.17) is 22.1 Å². The SMILES string of the molecule is CCOc1ccc(C(=O)N(C)c2cc(Cl)ccc2N)cc1. The Morgan fingerprint density at radius 1 is 1.24 bits per heavy atom. The summed E-state index contributed by atoms with van der Waals surface area (Å²) in [5, 5.41) is 0.533. The Bertz CT molecular complexity index is 641. The molecule has 0 aliphatic heterocycles. The number of benzene rings is 2. The fourth-order valence-corrected chi connectivity index (χ4v) is 2.14. The summed E-state index contributed by atoms with van der Waals surface area (Å²) in [6, 6.07) is 12.0. The van der Waals surface area contributed by atoms with Gasteiger partial charge in [0.2, 0.25) is 0 Å². The van der Waals surface area contributed by atoms with E-state index in [0.29, 0.717) is 28.6 Å². The number of rotatable bonds is 4. The van der Waals surface area contributed by atoms with Crippen LogP contribution in [0.2, 0.25) is 5.02 Å². The van der Waals surface area contributed by atoms with E-state index < -0.39 is 0 Å². The number of ether oxygens (including phenoxy) is 1. The number of hydrogen-bond donors (Lipinski definition) is 1. The zero-order chi connectivity index (χ0) is 15.4. The molecule has 0 fully saturated rings. The molecule has 0 unspecified atom stereocenters. The summed E-state index contributed by atoms with van der Waals surface area (Å²) in [6.45, 7) is 2.50. The zero-order valence-corrected chi connectivity index (χ0v) is 12.7. The molecule has 0 atom stereocenters. The highest BCUT2D eigenvalue weighted by Gasteiger charge is 2.16. The summed E-state index contributed by atoms with van der Waals surface area (Å²) < 4.78 is 5.36. The molecule has 0 aromatic heterocycles. The predicted molar refractivity (Wildman–Crippen MR) is 86.2 cm³/mol. The van der Waals surface area contributed by atoms with E-state index in [0.717, 1.165) is 5.75 Å². The lowest BCUT2D eigenvalue weighted by atomic mass is 10.1. The van der Waals surface area contributed by atoms with Crippen molar-refractivity contribution in [2.45, 2.75) is 6.92 Å². The summed E-state index contributed by atoms with van der Waals surface area (Å²) in [6.07, 6.45) is 0. The summed E-state index contributed by atoms with van der Waals surface area (Å²) in [4.78, 5) is 13.9. The van der Waals surface area contributed by atoms with Gasteiger partial charge in [0.1, 0.15) is 5.75 Å². The third-order valence-electron chi connectivity index (χ3n) is 3.07. The molecule has 0 aliphatic carbocycles. The quantitative estimate of drug-likeness (QED) is 0.878. The minimum Gasteiger partial charge on any atom is -0.494 e. The van der Waals surface area contributed by atoms with Crippen LogP contribution in [0.3, 0.4) is 0 Å². The van der Waals surface area contributed by atoms with Gasteiger partial charge in [0.25, 0.3) is 5.91 Å². The molecule has 2 aromatic rings. The van der Waals surface area contributed by atoms with Crippen molar-refractivity contribution in [3.05, 3.63) is 53.1 Å². The van der Waals surface area contributed by atoms with Crippen LogP contribution in [0, 0.1) is 0 Å². The van der Waals surface area contributed by atoms with E-state index in [2.05, 4.69) is 0 Å². The van der Waals surface area contributed by atoms with Gasteiger partial charge in [-0.1, -0.05) is 11.6 Å². The van der Waals surface area contributed by atoms with E-state index in [9.17, 15) is 4.79 Å². The predicted octanol–water partition coefficient (Wildman–Crippen LogP) is 3.60. The van der Waals surface area contributed by atoms with Crippen LogP contribution >= 0.6 is 11.6 Å². The van der Waals surface area contributed by atoms with Gasteiger partial charge in [-0.2, -0.15) is 0 Å². The maximum Gasteiger partial charge on any atom is 0.258 e. The molecule has 4 nitrogen and oxygen atoms in total.